The molecule has 0 aliphatic carbocycles. The lowest BCUT2D eigenvalue weighted by Crippen LogP contribution is -2.18. The predicted molar refractivity (Wildman–Crippen MR) is 71.2 cm³/mol. The fourth-order valence-corrected chi connectivity index (χ4v) is 2.50. The topological polar surface area (TPSA) is 50.9 Å². The number of hydrogen-bond donors (Lipinski definition) is 1. The van der Waals surface area contributed by atoms with Crippen LogP contribution in [0.3, 0.4) is 0 Å². The van der Waals surface area contributed by atoms with E-state index in [1.807, 2.05) is 12.1 Å². The summed E-state index contributed by atoms with van der Waals surface area (Å²) in [5.74, 6) is 1.69. The van der Waals surface area contributed by atoms with Crippen LogP contribution in [-0.4, -0.2) is 19.9 Å². The Bertz CT molecular complexity index is 550. The van der Waals surface area contributed by atoms with Crippen molar-refractivity contribution < 1.29 is 5.11 Å². The number of nitrogens with zero attached hydrogens (tertiary/aromatic N) is 3. The third kappa shape index (κ3) is 2.33. The van der Waals surface area contributed by atoms with Crippen LogP contribution < -0.4 is 0 Å². The van der Waals surface area contributed by atoms with Crippen LogP contribution in [0.25, 0.3) is 0 Å². The Hall–Kier alpha value is -1.20. The van der Waals surface area contributed by atoms with Crippen molar-refractivity contribution in [3.05, 3.63) is 46.0 Å². The van der Waals surface area contributed by atoms with Gasteiger partial charge in [0, 0.05) is 17.3 Å². The summed E-state index contributed by atoms with van der Waals surface area (Å²) in [7, 11) is 0. The van der Waals surface area contributed by atoms with Gasteiger partial charge in [-0.05, 0) is 30.5 Å². The lowest BCUT2D eigenvalue weighted by molar-refractivity contribution is 0.0644. The van der Waals surface area contributed by atoms with Crippen molar-refractivity contribution in [1.82, 2.24) is 14.8 Å². The van der Waals surface area contributed by atoms with Crippen molar-refractivity contribution in [3.63, 3.8) is 0 Å². The van der Waals surface area contributed by atoms with E-state index >= 15 is 0 Å². The maximum Gasteiger partial charge on any atom is 0.155 e. The molecule has 0 saturated carbocycles. The number of aromatic nitrogens is 3. The zero-order valence-electron chi connectivity index (χ0n) is 9.88. The minimum absolute atomic E-state index is 0.500. The first-order chi connectivity index (χ1) is 8.72. The molecule has 0 saturated heterocycles. The maximum absolute atomic E-state index is 9.83. The second-order valence-electron chi connectivity index (χ2n) is 4.56. The van der Waals surface area contributed by atoms with E-state index in [0.717, 1.165) is 35.4 Å². The van der Waals surface area contributed by atoms with E-state index in [1.54, 1.807) is 4.68 Å². The molecule has 1 aromatic carbocycles. The van der Waals surface area contributed by atoms with Gasteiger partial charge >= 0.3 is 0 Å². The van der Waals surface area contributed by atoms with Crippen LogP contribution in [0.1, 0.15) is 36.3 Å². The van der Waals surface area contributed by atoms with E-state index in [-0.39, 0.29) is 0 Å². The summed E-state index contributed by atoms with van der Waals surface area (Å²) in [6.45, 7) is 0. The Kier molecular flexibility index (Phi) is 3.18. The summed E-state index contributed by atoms with van der Waals surface area (Å²) in [5, 5.41) is 14.2. The van der Waals surface area contributed by atoms with Gasteiger partial charge in [-0.3, -0.25) is 0 Å². The van der Waals surface area contributed by atoms with Crippen LogP contribution in [0.4, 0.5) is 0 Å². The first kappa shape index (κ1) is 11.9. The highest BCUT2D eigenvalue weighted by Crippen LogP contribution is 2.21. The molecule has 2 aromatic rings. The molecule has 1 aromatic heterocycles. The number of hydrogen-bond acceptors (Lipinski definition) is 3. The molecule has 4 nitrogen and oxygen atoms in total. The van der Waals surface area contributed by atoms with Crippen molar-refractivity contribution in [2.75, 3.05) is 0 Å². The highest BCUT2D eigenvalue weighted by atomic mass is 79.9. The van der Waals surface area contributed by atoms with Gasteiger partial charge in [-0.15, -0.1) is 0 Å². The predicted octanol–water partition coefficient (Wildman–Crippen LogP) is 2.46. The van der Waals surface area contributed by atoms with Crippen molar-refractivity contribution in [1.29, 1.82) is 0 Å². The van der Waals surface area contributed by atoms with Crippen LogP contribution in [0.5, 0.6) is 0 Å². The Labute approximate surface area is 114 Å². The SMILES string of the molecule is OC1CCCc2nc(Cc3ccc(Br)cc3)nn21. The zero-order chi connectivity index (χ0) is 12.5. The molecule has 94 valence electrons. The molecule has 3 rings (SSSR count). The lowest BCUT2D eigenvalue weighted by atomic mass is 10.1. The average molecular weight is 308 g/mol. The summed E-state index contributed by atoms with van der Waals surface area (Å²) in [6.07, 6.45) is 2.87. The van der Waals surface area contributed by atoms with Gasteiger partial charge < -0.3 is 5.11 Å². The van der Waals surface area contributed by atoms with Crippen molar-refractivity contribution in [2.45, 2.75) is 31.9 Å². The molecule has 1 unspecified atom stereocenters. The third-order valence-corrected chi connectivity index (χ3v) is 3.69. The quantitative estimate of drug-likeness (QED) is 0.927. The van der Waals surface area contributed by atoms with Gasteiger partial charge in [-0.1, -0.05) is 28.1 Å². The number of fused-ring (bicyclic) bond motifs is 1. The number of aryl methyl sites for hydroxylation is 1. The third-order valence-electron chi connectivity index (χ3n) is 3.17. The van der Waals surface area contributed by atoms with E-state index in [9.17, 15) is 5.11 Å². The number of aliphatic hydroxyl groups excluding tert-OH is 1. The van der Waals surface area contributed by atoms with E-state index in [1.165, 1.54) is 5.56 Å². The molecular weight excluding hydrogens is 294 g/mol. The molecule has 0 spiro atoms. The molecule has 0 fully saturated rings. The molecule has 2 heterocycles. The molecule has 18 heavy (non-hydrogen) atoms. The number of rotatable bonds is 2. The summed E-state index contributed by atoms with van der Waals surface area (Å²) in [5.41, 5.74) is 1.18. The van der Waals surface area contributed by atoms with Crippen LogP contribution in [0, 0.1) is 0 Å². The van der Waals surface area contributed by atoms with Crippen LogP contribution >= 0.6 is 15.9 Å². The molecule has 5 heteroatoms. The Morgan fingerprint density at radius 1 is 1.33 bits per heavy atom. The van der Waals surface area contributed by atoms with Gasteiger partial charge in [0.05, 0.1) is 0 Å². The van der Waals surface area contributed by atoms with E-state index in [2.05, 4.69) is 38.1 Å². The summed E-state index contributed by atoms with van der Waals surface area (Å²) < 4.78 is 2.73. The minimum atomic E-state index is -0.500. The molecule has 0 bridgehead atoms. The second-order valence-corrected chi connectivity index (χ2v) is 5.48. The van der Waals surface area contributed by atoms with Crippen LogP contribution in [-0.2, 0) is 12.8 Å². The molecule has 1 aliphatic rings. The fourth-order valence-electron chi connectivity index (χ4n) is 2.24. The standard InChI is InChI=1S/C13H14BrN3O/c14-10-6-4-9(5-7-10)8-11-15-12-2-1-3-13(18)17(12)16-11/h4-7,13,18H,1-3,8H2. The van der Waals surface area contributed by atoms with Crippen molar-refractivity contribution >= 4 is 15.9 Å². The van der Waals surface area contributed by atoms with Crippen LogP contribution in [0.2, 0.25) is 0 Å². The molecule has 0 amide bonds. The Balaban J connectivity index is 1.83. The summed E-state index contributed by atoms with van der Waals surface area (Å²) in [6, 6.07) is 8.14. The normalized spacial score (nSPS) is 18.7. The molecule has 0 radical (unpaired) electrons. The number of benzene rings is 1. The molecule has 1 N–H and O–H groups in total. The zero-order valence-corrected chi connectivity index (χ0v) is 11.5. The van der Waals surface area contributed by atoms with Gasteiger partial charge in [0.2, 0.25) is 0 Å². The number of halogens is 1. The van der Waals surface area contributed by atoms with E-state index in [0.29, 0.717) is 6.42 Å². The second kappa shape index (κ2) is 4.82. The average Bonchev–Trinajstić information content (AvgIpc) is 2.76. The van der Waals surface area contributed by atoms with Crippen molar-refractivity contribution in [3.8, 4) is 0 Å². The van der Waals surface area contributed by atoms with Gasteiger partial charge in [-0.2, -0.15) is 5.10 Å². The van der Waals surface area contributed by atoms with Gasteiger partial charge in [0.25, 0.3) is 0 Å². The lowest BCUT2D eigenvalue weighted by Gasteiger charge is -2.17. The molecule has 1 aliphatic heterocycles. The summed E-state index contributed by atoms with van der Waals surface area (Å²) in [4.78, 5) is 4.50. The van der Waals surface area contributed by atoms with E-state index < -0.39 is 6.23 Å². The smallest absolute Gasteiger partial charge is 0.155 e. The fraction of sp³-hybridized carbons (Fsp3) is 0.385. The first-order valence-electron chi connectivity index (χ1n) is 6.09. The van der Waals surface area contributed by atoms with Gasteiger partial charge in [-0.25, -0.2) is 9.67 Å². The Morgan fingerprint density at radius 3 is 2.83 bits per heavy atom. The van der Waals surface area contributed by atoms with Crippen molar-refractivity contribution in [2.24, 2.45) is 0 Å². The van der Waals surface area contributed by atoms with Gasteiger partial charge in [0.15, 0.2) is 5.82 Å². The largest absolute Gasteiger partial charge is 0.372 e. The highest BCUT2D eigenvalue weighted by Gasteiger charge is 2.20. The molecular formula is C13H14BrN3O. The summed E-state index contributed by atoms with van der Waals surface area (Å²) >= 11 is 3.42. The molecule has 1 atom stereocenters. The first-order valence-corrected chi connectivity index (χ1v) is 6.88. The highest BCUT2D eigenvalue weighted by molar-refractivity contribution is 9.10. The number of aliphatic hydroxyl groups is 1. The Morgan fingerprint density at radius 2 is 2.11 bits per heavy atom. The van der Waals surface area contributed by atoms with Crippen LogP contribution in [0.15, 0.2) is 28.7 Å². The van der Waals surface area contributed by atoms with Gasteiger partial charge in [0.1, 0.15) is 12.1 Å². The van der Waals surface area contributed by atoms with E-state index in [4.69, 9.17) is 0 Å². The maximum atomic E-state index is 9.83. The monoisotopic (exact) mass is 307 g/mol. The minimum Gasteiger partial charge on any atom is -0.372 e.